The molecule has 2 fully saturated rings. The maximum absolute atomic E-state index is 9.06. The number of β-amino-alcohol motifs (C(OH)–C–C–N with tert-alkyl or cyclic N) is 1. The van der Waals surface area contributed by atoms with E-state index in [-0.39, 0.29) is 6.61 Å². The molecule has 0 radical (unpaired) electrons. The Morgan fingerprint density at radius 2 is 1.34 bits per heavy atom. The average molecular weight is 400 g/mol. The Kier molecular flexibility index (Phi) is 6.20. The van der Waals surface area contributed by atoms with Crippen molar-refractivity contribution >= 4 is 17.6 Å². The van der Waals surface area contributed by atoms with Crippen molar-refractivity contribution in [2.45, 2.75) is 0 Å². The molecule has 2 aromatic rings. The van der Waals surface area contributed by atoms with E-state index in [1.54, 1.807) is 19.5 Å². The molecule has 29 heavy (non-hydrogen) atoms. The molecule has 0 aromatic carbocycles. The summed E-state index contributed by atoms with van der Waals surface area (Å²) < 4.78 is 5.12. The van der Waals surface area contributed by atoms with Crippen molar-refractivity contribution in [2.75, 3.05) is 87.3 Å². The van der Waals surface area contributed by atoms with Crippen LogP contribution in [0.5, 0.6) is 5.75 Å². The molecule has 2 aliphatic rings. The summed E-state index contributed by atoms with van der Waals surface area (Å²) in [7, 11) is 1.61. The van der Waals surface area contributed by atoms with Crippen LogP contribution in [0.3, 0.4) is 0 Å². The molecule has 2 saturated heterocycles. The first-order chi connectivity index (χ1) is 14.3. The summed E-state index contributed by atoms with van der Waals surface area (Å²) >= 11 is 0. The van der Waals surface area contributed by atoms with Crippen LogP contribution in [0, 0.1) is 0 Å². The molecule has 10 heteroatoms. The number of aromatic nitrogens is 4. The fraction of sp³-hybridized carbons (Fsp3) is 0.579. The van der Waals surface area contributed by atoms with Crippen molar-refractivity contribution in [1.82, 2.24) is 25.1 Å². The van der Waals surface area contributed by atoms with E-state index >= 15 is 0 Å². The van der Waals surface area contributed by atoms with Gasteiger partial charge in [-0.2, -0.15) is 0 Å². The molecule has 0 saturated carbocycles. The van der Waals surface area contributed by atoms with E-state index in [2.05, 4.69) is 51.9 Å². The minimum Gasteiger partial charge on any atom is -0.494 e. The molecule has 0 unspecified atom stereocenters. The van der Waals surface area contributed by atoms with Crippen LogP contribution in [-0.4, -0.2) is 103 Å². The molecule has 0 bridgehead atoms. The van der Waals surface area contributed by atoms with Gasteiger partial charge in [0.1, 0.15) is 0 Å². The van der Waals surface area contributed by atoms with Crippen LogP contribution in [0.1, 0.15) is 0 Å². The first-order valence-electron chi connectivity index (χ1n) is 10.0. The van der Waals surface area contributed by atoms with Gasteiger partial charge in [-0.1, -0.05) is 0 Å². The zero-order valence-electron chi connectivity index (χ0n) is 16.8. The zero-order chi connectivity index (χ0) is 20.1. The van der Waals surface area contributed by atoms with Gasteiger partial charge in [0, 0.05) is 58.9 Å². The molecule has 1 N–H and O–H groups in total. The van der Waals surface area contributed by atoms with Gasteiger partial charge >= 0.3 is 0 Å². The van der Waals surface area contributed by atoms with Crippen LogP contribution in [0.25, 0.3) is 0 Å². The molecule has 0 spiro atoms. The molecule has 2 aromatic heterocycles. The Bertz CT molecular complexity index is 757. The summed E-state index contributed by atoms with van der Waals surface area (Å²) in [6.45, 7) is 8.04. The number of ether oxygens (including phenoxy) is 1. The monoisotopic (exact) mass is 400 g/mol. The zero-order valence-corrected chi connectivity index (χ0v) is 16.8. The Balaban J connectivity index is 1.30. The van der Waals surface area contributed by atoms with Crippen LogP contribution in [0.2, 0.25) is 0 Å². The maximum atomic E-state index is 9.06. The van der Waals surface area contributed by atoms with Gasteiger partial charge in [-0.05, 0) is 12.1 Å². The van der Waals surface area contributed by atoms with Crippen molar-refractivity contribution in [3.8, 4) is 5.75 Å². The number of rotatable bonds is 6. The number of anilines is 3. The van der Waals surface area contributed by atoms with Crippen LogP contribution < -0.4 is 19.4 Å². The summed E-state index contributed by atoms with van der Waals surface area (Å²) in [6.07, 6.45) is 3.39. The lowest BCUT2D eigenvalue weighted by atomic mass is 10.3. The fourth-order valence-corrected chi connectivity index (χ4v) is 3.71. The molecule has 0 atom stereocenters. The van der Waals surface area contributed by atoms with Gasteiger partial charge in [0.2, 0.25) is 5.95 Å². The summed E-state index contributed by atoms with van der Waals surface area (Å²) in [5, 5.41) is 18.0. The SMILES string of the molecule is COc1cnc(N2CCN(c3ccc(N4CCN(CCO)CC4)nn3)CC2)nc1. The fourth-order valence-electron chi connectivity index (χ4n) is 3.71. The highest BCUT2D eigenvalue weighted by atomic mass is 16.5. The summed E-state index contributed by atoms with van der Waals surface area (Å²) in [5.41, 5.74) is 0. The van der Waals surface area contributed by atoms with Crippen LogP contribution in [0.4, 0.5) is 17.6 Å². The number of aliphatic hydroxyl groups is 1. The lowest BCUT2D eigenvalue weighted by Gasteiger charge is -2.36. The third-order valence-electron chi connectivity index (χ3n) is 5.49. The lowest BCUT2D eigenvalue weighted by Crippen LogP contribution is -2.48. The third-order valence-corrected chi connectivity index (χ3v) is 5.49. The van der Waals surface area contributed by atoms with Crippen molar-refractivity contribution in [3.63, 3.8) is 0 Å². The molecule has 156 valence electrons. The van der Waals surface area contributed by atoms with E-state index in [0.29, 0.717) is 5.75 Å². The smallest absolute Gasteiger partial charge is 0.225 e. The number of nitrogens with zero attached hydrogens (tertiary/aromatic N) is 8. The largest absolute Gasteiger partial charge is 0.494 e. The predicted octanol–water partition coefficient (Wildman–Crippen LogP) is -0.284. The van der Waals surface area contributed by atoms with Gasteiger partial charge in [-0.15, -0.1) is 10.2 Å². The van der Waals surface area contributed by atoms with E-state index in [1.807, 2.05) is 0 Å². The molecule has 10 nitrogen and oxygen atoms in total. The number of hydrogen-bond donors (Lipinski definition) is 1. The van der Waals surface area contributed by atoms with E-state index < -0.39 is 0 Å². The van der Waals surface area contributed by atoms with Crippen molar-refractivity contribution in [3.05, 3.63) is 24.5 Å². The van der Waals surface area contributed by atoms with Crippen molar-refractivity contribution in [2.24, 2.45) is 0 Å². The number of piperazine rings is 2. The van der Waals surface area contributed by atoms with Gasteiger partial charge in [0.25, 0.3) is 0 Å². The topological polar surface area (TPSA) is 94.0 Å². The van der Waals surface area contributed by atoms with Crippen LogP contribution >= 0.6 is 0 Å². The third kappa shape index (κ3) is 4.65. The van der Waals surface area contributed by atoms with E-state index in [9.17, 15) is 0 Å². The highest BCUT2D eigenvalue weighted by Gasteiger charge is 2.22. The van der Waals surface area contributed by atoms with Crippen molar-refractivity contribution < 1.29 is 9.84 Å². The molecule has 4 rings (SSSR count). The Labute approximate surface area is 170 Å². The predicted molar refractivity (Wildman–Crippen MR) is 111 cm³/mol. The molecule has 0 amide bonds. The Hall–Kier alpha value is -2.72. The second-order valence-electron chi connectivity index (χ2n) is 7.20. The second kappa shape index (κ2) is 9.19. The normalized spacial score (nSPS) is 18.2. The van der Waals surface area contributed by atoms with Gasteiger partial charge in [-0.25, -0.2) is 9.97 Å². The van der Waals surface area contributed by atoms with Crippen LogP contribution in [0.15, 0.2) is 24.5 Å². The van der Waals surface area contributed by atoms with E-state index in [0.717, 1.165) is 76.5 Å². The van der Waals surface area contributed by atoms with E-state index in [1.165, 1.54) is 0 Å². The Morgan fingerprint density at radius 3 is 1.83 bits per heavy atom. The van der Waals surface area contributed by atoms with Crippen LogP contribution in [-0.2, 0) is 0 Å². The first-order valence-corrected chi connectivity index (χ1v) is 10.0. The summed E-state index contributed by atoms with van der Waals surface area (Å²) in [6, 6.07) is 4.12. The average Bonchev–Trinajstić information content (AvgIpc) is 2.80. The number of methoxy groups -OCH3 is 1. The number of aliphatic hydroxyl groups excluding tert-OH is 1. The first kappa shape index (κ1) is 19.6. The highest BCUT2D eigenvalue weighted by Crippen LogP contribution is 2.19. The highest BCUT2D eigenvalue weighted by molar-refractivity contribution is 5.47. The second-order valence-corrected chi connectivity index (χ2v) is 7.20. The lowest BCUT2D eigenvalue weighted by molar-refractivity contribution is 0.188. The summed E-state index contributed by atoms with van der Waals surface area (Å²) in [5.74, 6) is 3.22. The van der Waals surface area contributed by atoms with Gasteiger partial charge in [0.05, 0.1) is 26.1 Å². The molecule has 4 heterocycles. The molecule has 0 aliphatic carbocycles. The van der Waals surface area contributed by atoms with Gasteiger partial charge in [0.15, 0.2) is 17.4 Å². The van der Waals surface area contributed by atoms with E-state index in [4.69, 9.17) is 9.84 Å². The quantitative estimate of drug-likeness (QED) is 0.697. The summed E-state index contributed by atoms with van der Waals surface area (Å²) in [4.78, 5) is 17.7. The molecular weight excluding hydrogens is 372 g/mol. The van der Waals surface area contributed by atoms with Gasteiger partial charge in [-0.3, -0.25) is 4.90 Å². The Morgan fingerprint density at radius 1 is 0.828 bits per heavy atom. The minimum absolute atomic E-state index is 0.215. The standard InChI is InChI=1S/C19H28N8O2/c1-29-16-14-20-19(21-15-16)27-10-8-26(9-11-27)18-3-2-17(22-23-18)25-6-4-24(5-7-25)12-13-28/h2-3,14-15,28H,4-13H2,1H3. The molecular formula is C19H28N8O2. The van der Waals surface area contributed by atoms with Gasteiger partial charge < -0.3 is 24.5 Å². The molecule has 2 aliphatic heterocycles. The maximum Gasteiger partial charge on any atom is 0.225 e. The van der Waals surface area contributed by atoms with Crippen molar-refractivity contribution in [1.29, 1.82) is 0 Å². The minimum atomic E-state index is 0.215. The number of hydrogen-bond acceptors (Lipinski definition) is 10.